The van der Waals surface area contributed by atoms with Crippen LogP contribution in [0.15, 0.2) is 54.9 Å². The first-order valence-electron chi connectivity index (χ1n) is 10.2. The summed E-state index contributed by atoms with van der Waals surface area (Å²) < 4.78 is 5.95. The summed E-state index contributed by atoms with van der Waals surface area (Å²) in [6.07, 6.45) is 5.19. The second-order valence-electron chi connectivity index (χ2n) is 7.86. The summed E-state index contributed by atoms with van der Waals surface area (Å²) in [6, 6.07) is 13.4. The maximum atomic E-state index is 13.5. The van der Waals surface area contributed by atoms with Gasteiger partial charge >= 0.3 is 0 Å². The van der Waals surface area contributed by atoms with Crippen LogP contribution in [0.3, 0.4) is 0 Å². The number of piperidine rings is 1. The second kappa shape index (κ2) is 8.88. The van der Waals surface area contributed by atoms with E-state index in [0.717, 1.165) is 24.2 Å². The first kappa shape index (κ1) is 20.4. The molecule has 1 aromatic heterocycles. The van der Waals surface area contributed by atoms with Crippen molar-refractivity contribution in [1.82, 2.24) is 19.9 Å². The number of carbonyl (C=O) groups excluding carboxylic acids is 1. The van der Waals surface area contributed by atoms with Gasteiger partial charge in [-0.05, 0) is 57.0 Å². The highest BCUT2D eigenvalue weighted by molar-refractivity contribution is 6.30. The van der Waals surface area contributed by atoms with Gasteiger partial charge in [-0.1, -0.05) is 29.3 Å². The lowest BCUT2D eigenvalue weighted by molar-refractivity contribution is 0.0505. The maximum Gasteiger partial charge on any atom is 0.256 e. The fourth-order valence-corrected chi connectivity index (χ4v) is 4.04. The topological polar surface area (TPSA) is 60.2 Å². The molecule has 4 rings (SSSR count). The van der Waals surface area contributed by atoms with E-state index in [-0.39, 0.29) is 17.9 Å². The fourth-order valence-electron chi connectivity index (χ4n) is 3.86. The summed E-state index contributed by atoms with van der Waals surface area (Å²) in [7, 11) is 0. The van der Waals surface area contributed by atoms with E-state index in [2.05, 4.69) is 17.1 Å². The Hall–Kier alpha value is -2.86. The Morgan fingerprint density at radius 3 is 2.73 bits per heavy atom. The molecule has 3 aromatic rings. The molecule has 0 spiro atoms. The van der Waals surface area contributed by atoms with Crippen molar-refractivity contribution in [3.63, 3.8) is 0 Å². The number of benzene rings is 2. The van der Waals surface area contributed by atoms with Crippen LogP contribution in [0, 0.1) is 12.8 Å². The van der Waals surface area contributed by atoms with E-state index in [9.17, 15) is 4.79 Å². The van der Waals surface area contributed by atoms with Crippen LogP contribution in [-0.2, 0) is 0 Å². The molecule has 0 aliphatic carbocycles. The van der Waals surface area contributed by atoms with Gasteiger partial charge in [0, 0.05) is 23.5 Å². The molecule has 2 unspecified atom stereocenters. The van der Waals surface area contributed by atoms with E-state index in [0.29, 0.717) is 29.4 Å². The maximum absolute atomic E-state index is 13.5. The molecule has 30 heavy (non-hydrogen) atoms. The van der Waals surface area contributed by atoms with Gasteiger partial charge in [-0.15, -0.1) is 0 Å². The van der Waals surface area contributed by atoms with Crippen LogP contribution in [0.5, 0.6) is 5.75 Å². The van der Waals surface area contributed by atoms with Crippen LogP contribution in [0.1, 0.15) is 35.7 Å². The van der Waals surface area contributed by atoms with E-state index in [1.54, 1.807) is 12.4 Å². The lowest BCUT2D eigenvalue weighted by Gasteiger charge is -2.38. The van der Waals surface area contributed by atoms with Crippen LogP contribution >= 0.6 is 11.6 Å². The molecule has 1 aliphatic rings. The van der Waals surface area contributed by atoms with Crippen molar-refractivity contribution in [1.29, 1.82) is 0 Å². The van der Waals surface area contributed by atoms with Gasteiger partial charge in [0.05, 0.1) is 30.3 Å². The summed E-state index contributed by atoms with van der Waals surface area (Å²) in [6.45, 7) is 5.30. The Balaban J connectivity index is 1.51. The number of amides is 1. The average Bonchev–Trinajstić information content (AvgIpc) is 3.27. The molecule has 2 aromatic carbocycles. The van der Waals surface area contributed by atoms with Crippen LogP contribution in [0.2, 0.25) is 5.02 Å². The minimum absolute atomic E-state index is 0.00551. The molecule has 0 radical (unpaired) electrons. The number of hydrogen-bond acceptors (Lipinski definition) is 4. The molecule has 1 saturated heterocycles. The minimum Gasteiger partial charge on any atom is -0.493 e. The molecule has 0 saturated carbocycles. The number of aromatic nitrogens is 3. The van der Waals surface area contributed by atoms with Gasteiger partial charge in [0.1, 0.15) is 5.75 Å². The summed E-state index contributed by atoms with van der Waals surface area (Å²) in [5.41, 5.74) is 2.34. The van der Waals surface area contributed by atoms with E-state index < -0.39 is 0 Å². The zero-order valence-corrected chi connectivity index (χ0v) is 17.9. The number of rotatable bonds is 5. The largest absolute Gasteiger partial charge is 0.493 e. The first-order valence-corrected chi connectivity index (χ1v) is 10.6. The zero-order valence-electron chi connectivity index (χ0n) is 17.2. The minimum atomic E-state index is 0.00551. The number of halogens is 1. The van der Waals surface area contributed by atoms with Gasteiger partial charge in [0.25, 0.3) is 5.91 Å². The number of aryl methyl sites for hydroxylation is 1. The third kappa shape index (κ3) is 4.49. The molecule has 2 heterocycles. The first-order chi connectivity index (χ1) is 14.5. The number of nitrogens with zero attached hydrogens (tertiary/aromatic N) is 4. The predicted molar refractivity (Wildman–Crippen MR) is 116 cm³/mol. The van der Waals surface area contributed by atoms with Crippen molar-refractivity contribution in [3.8, 4) is 11.4 Å². The Kier molecular flexibility index (Phi) is 6.04. The van der Waals surface area contributed by atoms with Crippen LogP contribution in [0.25, 0.3) is 5.69 Å². The molecule has 6 nitrogen and oxygen atoms in total. The number of ether oxygens (including phenoxy) is 1. The summed E-state index contributed by atoms with van der Waals surface area (Å²) in [5, 5.41) is 9.08. The van der Waals surface area contributed by atoms with Gasteiger partial charge in [-0.3, -0.25) is 4.79 Å². The van der Waals surface area contributed by atoms with Gasteiger partial charge in [-0.25, -0.2) is 0 Å². The predicted octanol–water partition coefficient (Wildman–Crippen LogP) is 4.55. The van der Waals surface area contributed by atoms with E-state index in [1.807, 2.05) is 54.3 Å². The molecule has 0 bridgehead atoms. The van der Waals surface area contributed by atoms with Crippen molar-refractivity contribution in [2.75, 3.05) is 13.2 Å². The van der Waals surface area contributed by atoms with Crippen molar-refractivity contribution in [2.24, 2.45) is 5.92 Å². The Labute approximate surface area is 181 Å². The highest BCUT2D eigenvalue weighted by Gasteiger charge is 2.31. The van der Waals surface area contributed by atoms with Gasteiger partial charge in [-0.2, -0.15) is 15.0 Å². The van der Waals surface area contributed by atoms with Crippen LogP contribution in [0.4, 0.5) is 0 Å². The number of hydrogen-bond donors (Lipinski definition) is 0. The zero-order chi connectivity index (χ0) is 21.1. The molecule has 1 amide bonds. The van der Waals surface area contributed by atoms with Crippen LogP contribution < -0.4 is 4.74 Å². The Morgan fingerprint density at radius 2 is 1.97 bits per heavy atom. The number of likely N-dealkylation sites (tertiary alicyclic amines) is 1. The summed E-state index contributed by atoms with van der Waals surface area (Å²) >= 11 is 6.04. The monoisotopic (exact) mass is 424 g/mol. The van der Waals surface area contributed by atoms with Gasteiger partial charge in [0.15, 0.2) is 0 Å². The van der Waals surface area contributed by atoms with E-state index in [4.69, 9.17) is 16.3 Å². The van der Waals surface area contributed by atoms with Crippen molar-refractivity contribution in [2.45, 2.75) is 32.7 Å². The van der Waals surface area contributed by atoms with Gasteiger partial charge in [0.2, 0.25) is 0 Å². The Bertz CT molecular complexity index is 1020. The molecule has 1 fully saturated rings. The lowest BCUT2D eigenvalue weighted by atomic mass is 9.93. The van der Waals surface area contributed by atoms with Crippen molar-refractivity contribution >= 4 is 17.5 Å². The fraction of sp³-hybridized carbons (Fsp3) is 0.348. The SMILES string of the molecule is Cc1ccc(-n2nccn2)c(C(=O)N2CC(COc3cccc(Cl)c3)CCC2C)c1. The third-order valence-electron chi connectivity index (χ3n) is 5.54. The van der Waals surface area contributed by atoms with Gasteiger partial charge < -0.3 is 9.64 Å². The number of carbonyl (C=O) groups is 1. The lowest BCUT2D eigenvalue weighted by Crippen LogP contribution is -2.47. The van der Waals surface area contributed by atoms with E-state index >= 15 is 0 Å². The van der Waals surface area contributed by atoms with Crippen LogP contribution in [-0.4, -0.2) is 45.0 Å². The van der Waals surface area contributed by atoms with E-state index in [1.165, 1.54) is 4.80 Å². The molecular formula is C23H25ClN4O2. The second-order valence-corrected chi connectivity index (χ2v) is 8.29. The van der Waals surface area contributed by atoms with Crippen molar-refractivity contribution < 1.29 is 9.53 Å². The average molecular weight is 425 g/mol. The highest BCUT2D eigenvalue weighted by Crippen LogP contribution is 2.27. The highest BCUT2D eigenvalue weighted by atomic mass is 35.5. The normalized spacial score (nSPS) is 19.0. The molecule has 1 aliphatic heterocycles. The summed E-state index contributed by atoms with van der Waals surface area (Å²) in [5.74, 6) is 1.02. The van der Waals surface area contributed by atoms with Crippen molar-refractivity contribution in [3.05, 3.63) is 71.0 Å². The molecule has 7 heteroatoms. The molecule has 2 atom stereocenters. The summed E-state index contributed by atoms with van der Waals surface area (Å²) in [4.78, 5) is 17.0. The smallest absolute Gasteiger partial charge is 0.256 e. The standard InChI is InChI=1S/C23H25ClN4O2/c1-16-6-9-22(28-25-10-11-26-28)21(12-16)23(29)27-14-18(8-7-17(27)2)15-30-20-5-3-4-19(24)13-20/h3-6,9-13,17-18H,7-8,14-15H2,1-2H3. The Morgan fingerprint density at radius 1 is 1.17 bits per heavy atom. The molecule has 0 N–H and O–H groups in total. The molecule has 156 valence electrons. The molecular weight excluding hydrogens is 400 g/mol. The quantitative estimate of drug-likeness (QED) is 0.602. The third-order valence-corrected chi connectivity index (χ3v) is 5.77.